The zero-order chi connectivity index (χ0) is 23.5. The summed E-state index contributed by atoms with van der Waals surface area (Å²) in [6.45, 7) is 5.84. The normalized spacial score (nSPS) is 31.3. The molecule has 6 heteroatoms. The summed E-state index contributed by atoms with van der Waals surface area (Å²) in [5.41, 5.74) is 0.310. The molecule has 5 aliphatic rings. The number of carbonyl (C=O) groups excluding carboxylic acids is 1. The third kappa shape index (κ3) is 4.50. The molecule has 0 aromatic heterocycles. The lowest BCUT2D eigenvalue weighted by molar-refractivity contribution is -0.142. The average Bonchev–Trinajstić information content (AvgIpc) is 3.53. The number of ether oxygens (including phenoxy) is 1. The number of carboxylic acid groups (broad SMARTS) is 1. The quantitative estimate of drug-likeness (QED) is 0.565. The molecule has 1 aromatic carbocycles. The van der Waals surface area contributed by atoms with Crippen LogP contribution in [-0.2, 0) is 4.79 Å². The fourth-order valence-corrected chi connectivity index (χ4v) is 7.14. The van der Waals surface area contributed by atoms with E-state index in [1.807, 2.05) is 0 Å². The van der Waals surface area contributed by atoms with Crippen LogP contribution in [0, 0.1) is 34.4 Å². The van der Waals surface area contributed by atoms with Gasteiger partial charge in [-0.15, -0.1) is 0 Å². The number of carboxylic acids is 1. The van der Waals surface area contributed by atoms with E-state index < -0.39 is 29.2 Å². The van der Waals surface area contributed by atoms with E-state index in [0.29, 0.717) is 12.4 Å². The van der Waals surface area contributed by atoms with E-state index in [4.69, 9.17) is 4.74 Å². The second-order valence-electron chi connectivity index (χ2n) is 12.5. The Labute approximate surface area is 195 Å². The summed E-state index contributed by atoms with van der Waals surface area (Å²) in [6, 6.07) is 1.84. The lowest BCUT2D eigenvalue weighted by atomic mass is 9.50. The Balaban J connectivity index is 1.35. The molecule has 5 fully saturated rings. The van der Waals surface area contributed by atoms with E-state index in [2.05, 4.69) is 5.32 Å². The Morgan fingerprint density at radius 1 is 1.12 bits per heavy atom. The number of nitrogens with one attached hydrogen (secondary N) is 1. The number of halogens is 1. The van der Waals surface area contributed by atoms with Crippen molar-refractivity contribution in [2.75, 3.05) is 6.61 Å². The van der Waals surface area contributed by atoms with Gasteiger partial charge in [-0.1, -0.05) is 20.8 Å². The third-order valence-corrected chi connectivity index (χ3v) is 8.45. The molecule has 0 spiro atoms. The van der Waals surface area contributed by atoms with Crippen LogP contribution < -0.4 is 10.1 Å². The highest BCUT2D eigenvalue weighted by Gasteiger charge is 2.51. The van der Waals surface area contributed by atoms with Crippen LogP contribution in [0.2, 0.25) is 0 Å². The topological polar surface area (TPSA) is 75.6 Å². The molecule has 2 N–H and O–H groups in total. The molecule has 1 atom stereocenters. The van der Waals surface area contributed by atoms with Crippen LogP contribution in [0.15, 0.2) is 12.1 Å². The third-order valence-electron chi connectivity index (χ3n) is 8.45. The zero-order valence-electron chi connectivity index (χ0n) is 20.0. The largest absolute Gasteiger partial charge is 0.493 e. The molecule has 5 saturated carbocycles. The van der Waals surface area contributed by atoms with E-state index in [1.165, 1.54) is 44.6 Å². The van der Waals surface area contributed by atoms with E-state index in [0.717, 1.165) is 36.2 Å². The van der Waals surface area contributed by atoms with Crippen molar-refractivity contribution < 1.29 is 23.8 Å². The van der Waals surface area contributed by atoms with Gasteiger partial charge in [0.1, 0.15) is 17.6 Å². The van der Waals surface area contributed by atoms with Crippen molar-refractivity contribution in [3.05, 3.63) is 29.1 Å². The van der Waals surface area contributed by atoms with Gasteiger partial charge in [-0.2, -0.15) is 0 Å². The lowest BCUT2D eigenvalue weighted by Gasteiger charge is -2.56. The van der Waals surface area contributed by atoms with E-state index in [-0.39, 0.29) is 16.9 Å². The Kier molecular flexibility index (Phi) is 5.49. The highest BCUT2D eigenvalue weighted by Crippen LogP contribution is 2.60. The van der Waals surface area contributed by atoms with E-state index >= 15 is 4.39 Å². The smallest absolute Gasteiger partial charge is 0.326 e. The molecule has 6 rings (SSSR count). The number of amides is 1. The van der Waals surface area contributed by atoms with Crippen LogP contribution in [0.4, 0.5) is 4.39 Å². The van der Waals surface area contributed by atoms with Crippen molar-refractivity contribution in [2.24, 2.45) is 28.6 Å². The van der Waals surface area contributed by atoms with Crippen molar-refractivity contribution in [1.29, 1.82) is 0 Å². The monoisotopic (exact) mass is 457 g/mol. The van der Waals surface area contributed by atoms with Crippen molar-refractivity contribution in [3.63, 3.8) is 0 Å². The Hall–Kier alpha value is -2.11. The predicted molar refractivity (Wildman–Crippen MR) is 123 cm³/mol. The summed E-state index contributed by atoms with van der Waals surface area (Å²) in [6.07, 6.45) is 9.80. The molecule has 33 heavy (non-hydrogen) atoms. The van der Waals surface area contributed by atoms with Crippen LogP contribution in [0.1, 0.15) is 94.0 Å². The number of aliphatic carboxylic acids is 1. The van der Waals surface area contributed by atoms with Gasteiger partial charge in [0.05, 0.1) is 12.2 Å². The fourth-order valence-electron chi connectivity index (χ4n) is 7.14. The maximum absolute atomic E-state index is 15.1. The first kappa shape index (κ1) is 22.7. The minimum absolute atomic E-state index is 0.102. The second kappa shape index (κ2) is 7.99. The van der Waals surface area contributed by atoms with Gasteiger partial charge in [0.2, 0.25) is 0 Å². The van der Waals surface area contributed by atoms with Gasteiger partial charge < -0.3 is 15.2 Å². The van der Waals surface area contributed by atoms with Crippen LogP contribution in [0.5, 0.6) is 5.75 Å². The summed E-state index contributed by atoms with van der Waals surface area (Å²) in [5.74, 6) is 0.852. The zero-order valence-corrected chi connectivity index (χ0v) is 20.0. The first-order valence-corrected chi connectivity index (χ1v) is 12.5. The second-order valence-corrected chi connectivity index (χ2v) is 12.5. The molecule has 5 aliphatic carbocycles. The molecule has 0 radical (unpaired) electrons. The molecule has 0 heterocycles. The van der Waals surface area contributed by atoms with Crippen LogP contribution in [0.3, 0.4) is 0 Å². The molecule has 0 aliphatic heterocycles. The number of carbonyl (C=O) groups is 2. The van der Waals surface area contributed by atoms with Crippen LogP contribution in [0.25, 0.3) is 0 Å². The predicted octanol–water partition coefficient (Wildman–Crippen LogP) is 5.53. The summed E-state index contributed by atoms with van der Waals surface area (Å²) < 4.78 is 21.5. The van der Waals surface area contributed by atoms with Crippen molar-refractivity contribution in [2.45, 2.75) is 84.1 Å². The summed E-state index contributed by atoms with van der Waals surface area (Å²) >= 11 is 0. The lowest BCUT2D eigenvalue weighted by Crippen LogP contribution is -2.49. The van der Waals surface area contributed by atoms with Crippen molar-refractivity contribution in [3.8, 4) is 5.75 Å². The van der Waals surface area contributed by atoms with Crippen LogP contribution in [-0.4, -0.2) is 29.6 Å². The Morgan fingerprint density at radius 3 is 2.18 bits per heavy atom. The summed E-state index contributed by atoms with van der Waals surface area (Å²) in [5, 5.41) is 12.1. The standard InChI is InChI=1S/C27H36FNO4/c1-26(2,3)23(25(31)32)29-24(30)20-9-19(18-4-5-18)22(10-21(20)28)33-14-27-11-15-6-16(12-27)8-17(7-15)13-27/h9-10,15-18,23H,4-8,11-14H2,1-3H3,(H,29,30)(H,31,32)/t15?,16?,17?,23-,27?/m1/s1. The Morgan fingerprint density at radius 2 is 1.70 bits per heavy atom. The van der Waals surface area contributed by atoms with E-state index in [1.54, 1.807) is 26.8 Å². The van der Waals surface area contributed by atoms with Crippen molar-refractivity contribution in [1.82, 2.24) is 5.32 Å². The van der Waals surface area contributed by atoms with Gasteiger partial charge in [-0.25, -0.2) is 9.18 Å². The molecule has 5 nitrogen and oxygen atoms in total. The highest BCUT2D eigenvalue weighted by molar-refractivity contribution is 5.97. The molecule has 1 aromatic rings. The van der Waals surface area contributed by atoms with Crippen LogP contribution >= 0.6 is 0 Å². The van der Waals surface area contributed by atoms with Gasteiger partial charge in [-0.05, 0) is 92.1 Å². The SMILES string of the molecule is CC(C)(C)[C@H](NC(=O)c1cc(C2CC2)c(OCC23CC4CC(CC(C4)C2)C3)cc1F)C(=O)O. The maximum atomic E-state index is 15.1. The van der Waals surface area contributed by atoms with Gasteiger partial charge in [0.25, 0.3) is 5.91 Å². The number of hydrogen-bond donors (Lipinski definition) is 2. The molecular formula is C27H36FNO4. The average molecular weight is 458 g/mol. The van der Waals surface area contributed by atoms with Gasteiger partial charge in [-0.3, -0.25) is 4.79 Å². The minimum Gasteiger partial charge on any atom is -0.493 e. The number of benzene rings is 1. The molecule has 0 unspecified atom stereocenters. The molecular weight excluding hydrogens is 421 g/mol. The first-order chi connectivity index (χ1) is 15.5. The molecule has 1 amide bonds. The van der Waals surface area contributed by atoms with Gasteiger partial charge in [0.15, 0.2) is 0 Å². The highest BCUT2D eigenvalue weighted by atomic mass is 19.1. The Bertz CT molecular complexity index is 926. The van der Waals surface area contributed by atoms with Gasteiger partial charge >= 0.3 is 5.97 Å². The maximum Gasteiger partial charge on any atom is 0.326 e. The van der Waals surface area contributed by atoms with E-state index in [9.17, 15) is 14.7 Å². The number of rotatable bonds is 7. The van der Waals surface area contributed by atoms with Crippen molar-refractivity contribution >= 4 is 11.9 Å². The fraction of sp³-hybridized carbons (Fsp3) is 0.704. The summed E-state index contributed by atoms with van der Waals surface area (Å²) in [4.78, 5) is 24.5. The number of hydrogen-bond acceptors (Lipinski definition) is 3. The molecule has 4 bridgehead atoms. The molecule has 0 saturated heterocycles. The molecule has 180 valence electrons. The first-order valence-electron chi connectivity index (χ1n) is 12.5. The summed E-state index contributed by atoms with van der Waals surface area (Å²) in [7, 11) is 0. The van der Waals surface area contributed by atoms with Gasteiger partial charge in [0, 0.05) is 11.5 Å². The minimum atomic E-state index is -1.13.